The number of hydrogen-bond acceptors (Lipinski definition) is 4. The van der Waals surface area contributed by atoms with E-state index in [1.165, 1.54) is 18.0 Å². The number of nitrogens with zero attached hydrogens (tertiary/aromatic N) is 1. The largest absolute Gasteiger partial charge is 0.480 e. The molecular formula is C9H15N3O4. The molecular weight excluding hydrogens is 214 g/mol. The van der Waals surface area contributed by atoms with E-state index in [1.807, 2.05) is 5.32 Å². The Morgan fingerprint density at radius 1 is 1.38 bits per heavy atom. The summed E-state index contributed by atoms with van der Waals surface area (Å²) in [4.78, 5) is 33.8. The molecule has 16 heavy (non-hydrogen) atoms. The standard InChI is InChI=1S/C9H15N3O4/c1-3-4-12(6-8(14)15)5-7(13)11-9(16)10-2/h3H,1,4-6H2,2H3,(H,14,15)(H2,10,11,13,16). The summed E-state index contributed by atoms with van der Waals surface area (Å²) in [6.07, 6.45) is 1.48. The molecule has 0 aliphatic heterocycles. The van der Waals surface area contributed by atoms with Crippen molar-refractivity contribution >= 4 is 17.9 Å². The monoisotopic (exact) mass is 229 g/mol. The van der Waals surface area contributed by atoms with Gasteiger partial charge in [0.2, 0.25) is 5.91 Å². The van der Waals surface area contributed by atoms with E-state index in [-0.39, 0.29) is 19.6 Å². The number of urea groups is 1. The lowest BCUT2D eigenvalue weighted by Crippen LogP contribution is -2.44. The summed E-state index contributed by atoms with van der Waals surface area (Å²) in [6.45, 7) is 3.24. The van der Waals surface area contributed by atoms with Crippen LogP contribution in [-0.2, 0) is 9.59 Å². The highest BCUT2D eigenvalue weighted by Crippen LogP contribution is 1.88. The second kappa shape index (κ2) is 7.41. The SMILES string of the molecule is C=CCN(CC(=O)O)CC(=O)NC(=O)NC. The quantitative estimate of drug-likeness (QED) is 0.508. The molecule has 7 nitrogen and oxygen atoms in total. The number of amides is 3. The van der Waals surface area contributed by atoms with Gasteiger partial charge in [0.25, 0.3) is 0 Å². The highest BCUT2D eigenvalue weighted by molar-refractivity contribution is 5.95. The minimum Gasteiger partial charge on any atom is -0.480 e. The third-order valence-electron chi connectivity index (χ3n) is 1.59. The van der Waals surface area contributed by atoms with Crippen molar-refractivity contribution in [3.8, 4) is 0 Å². The summed E-state index contributed by atoms with van der Waals surface area (Å²) >= 11 is 0. The zero-order chi connectivity index (χ0) is 12.6. The third-order valence-corrected chi connectivity index (χ3v) is 1.59. The molecule has 0 aliphatic rings. The lowest BCUT2D eigenvalue weighted by Gasteiger charge is -2.17. The number of carbonyl (C=O) groups excluding carboxylic acids is 2. The van der Waals surface area contributed by atoms with Crippen LogP contribution < -0.4 is 10.6 Å². The van der Waals surface area contributed by atoms with Crippen LogP contribution in [0.2, 0.25) is 0 Å². The third kappa shape index (κ3) is 6.55. The van der Waals surface area contributed by atoms with Crippen LogP contribution in [-0.4, -0.2) is 54.6 Å². The van der Waals surface area contributed by atoms with Gasteiger partial charge in [-0.05, 0) is 0 Å². The van der Waals surface area contributed by atoms with E-state index in [0.717, 1.165) is 0 Å². The van der Waals surface area contributed by atoms with E-state index in [2.05, 4.69) is 11.9 Å². The lowest BCUT2D eigenvalue weighted by molar-refractivity contribution is -0.138. The second-order valence-electron chi connectivity index (χ2n) is 2.98. The van der Waals surface area contributed by atoms with Crippen LogP contribution in [0, 0.1) is 0 Å². The Labute approximate surface area is 93.1 Å². The molecule has 7 heteroatoms. The van der Waals surface area contributed by atoms with E-state index >= 15 is 0 Å². The van der Waals surface area contributed by atoms with E-state index in [9.17, 15) is 14.4 Å². The molecule has 0 saturated carbocycles. The first-order valence-electron chi connectivity index (χ1n) is 4.56. The van der Waals surface area contributed by atoms with Gasteiger partial charge >= 0.3 is 12.0 Å². The number of nitrogens with one attached hydrogen (secondary N) is 2. The summed E-state index contributed by atoms with van der Waals surface area (Å²) < 4.78 is 0. The zero-order valence-corrected chi connectivity index (χ0v) is 9.02. The summed E-state index contributed by atoms with van der Waals surface area (Å²) in [5.41, 5.74) is 0. The van der Waals surface area contributed by atoms with Crippen LogP contribution in [0.25, 0.3) is 0 Å². The Hall–Kier alpha value is -1.89. The smallest absolute Gasteiger partial charge is 0.321 e. The summed E-state index contributed by atoms with van der Waals surface area (Å²) in [5.74, 6) is -1.61. The maximum absolute atomic E-state index is 11.2. The summed E-state index contributed by atoms with van der Waals surface area (Å²) in [6, 6.07) is -0.626. The van der Waals surface area contributed by atoms with Crippen molar-refractivity contribution in [2.24, 2.45) is 0 Å². The predicted molar refractivity (Wildman–Crippen MR) is 56.9 cm³/mol. The second-order valence-corrected chi connectivity index (χ2v) is 2.98. The molecule has 0 spiro atoms. The van der Waals surface area contributed by atoms with Gasteiger partial charge in [-0.1, -0.05) is 6.08 Å². The molecule has 0 saturated heterocycles. The number of carbonyl (C=O) groups is 3. The van der Waals surface area contributed by atoms with E-state index in [4.69, 9.17) is 5.11 Å². The van der Waals surface area contributed by atoms with Crippen molar-refractivity contribution in [2.75, 3.05) is 26.7 Å². The molecule has 0 aromatic rings. The molecule has 0 fully saturated rings. The fraction of sp³-hybridized carbons (Fsp3) is 0.444. The van der Waals surface area contributed by atoms with Gasteiger partial charge in [0.05, 0.1) is 13.1 Å². The minimum atomic E-state index is -1.05. The molecule has 0 radical (unpaired) electrons. The van der Waals surface area contributed by atoms with Crippen LogP contribution in [0.5, 0.6) is 0 Å². The van der Waals surface area contributed by atoms with Crippen LogP contribution in [0.3, 0.4) is 0 Å². The van der Waals surface area contributed by atoms with Gasteiger partial charge in [-0.15, -0.1) is 6.58 Å². The fourth-order valence-corrected chi connectivity index (χ4v) is 0.991. The number of aliphatic carboxylic acids is 1. The normalized spacial score (nSPS) is 9.62. The Kier molecular flexibility index (Phi) is 6.53. The molecule has 0 aromatic heterocycles. The van der Waals surface area contributed by atoms with Gasteiger partial charge in [0.1, 0.15) is 0 Å². The van der Waals surface area contributed by atoms with Crippen molar-refractivity contribution in [3.63, 3.8) is 0 Å². The number of carboxylic acid groups (broad SMARTS) is 1. The summed E-state index contributed by atoms with van der Waals surface area (Å²) in [7, 11) is 1.38. The maximum Gasteiger partial charge on any atom is 0.321 e. The van der Waals surface area contributed by atoms with Gasteiger partial charge < -0.3 is 10.4 Å². The zero-order valence-electron chi connectivity index (χ0n) is 9.02. The minimum absolute atomic E-state index is 0.175. The van der Waals surface area contributed by atoms with Crippen molar-refractivity contribution < 1.29 is 19.5 Å². The van der Waals surface area contributed by atoms with Crippen molar-refractivity contribution in [1.82, 2.24) is 15.5 Å². The van der Waals surface area contributed by atoms with E-state index < -0.39 is 17.9 Å². The topological polar surface area (TPSA) is 98.7 Å². The molecule has 0 bridgehead atoms. The molecule has 0 rings (SSSR count). The van der Waals surface area contributed by atoms with Gasteiger partial charge in [0, 0.05) is 13.6 Å². The Bertz CT molecular complexity index is 290. The van der Waals surface area contributed by atoms with Crippen molar-refractivity contribution in [3.05, 3.63) is 12.7 Å². The number of hydrogen-bond donors (Lipinski definition) is 3. The highest BCUT2D eigenvalue weighted by atomic mass is 16.4. The Balaban J connectivity index is 4.16. The molecule has 0 aliphatic carbocycles. The lowest BCUT2D eigenvalue weighted by atomic mass is 10.4. The highest BCUT2D eigenvalue weighted by Gasteiger charge is 2.13. The van der Waals surface area contributed by atoms with Gasteiger partial charge in [-0.3, -0.25) is 19.8 Å². The average Bonchev–Trinajstić information content (AvgIpc) is 2.16. The number of imide groups is 1. The molecule has 0 heterocycles. The Morgan fingerprint density at radius 3 is 2.44 bits per heavy atom. The molecule has 3 amide bonds. The molecule has 0 atom stereocenters. The van der Waals surface area contributed by atoms with Crippen molar-refractivity contribution in [1.29, 1.82) is 0 Å². The Morgan fingerprint density at radius 2 is 2.00 bits per heavy atom. The fourth-order valence-electron chi connectivity index (χ4n) is 0.991. The van der Waals surface area contributed by atoms with Gasteiger partial charge in [-0.25, -0.2) is 4.79 Å². The first-order valence-corrected chi connectivity index (χ1v) is 4.56. The molecule has 3 N–H and O–H groups in total. The summed E-state index contributed by atoms with van der Waals surface area (Å²) in [5, 5.41) is 12.8. The first-order chi connectivity index (χ1) is 7.49. The van der Waals surface area contributed by atoms with E-state index in [0.29, 0.717) is 0 Å². The predicted octanol–water partition coefficient (Wildman–Crippen LogP) is -0.985. The maximum atomic E-state index is 11.2. The van der Waals surface area contributed by atoms with Crippen LogP contribution in [0.1, 0.15) is 0 Å². The van der Waals surface area contributed by atoms with Crippen LogP contribution in [0.4, 0.5) is 4.79 Å². The number of rotatable bonds is 6. The van der Waals surface area contributed by atoms with Crippen LogP contribution >= 0.6 is 0 Å². The molecule has 0 unspecified atom stereocenters. The van der Waals surface area contributed by atoms with Crippen LogP contribution in [0.15, 0.2) is 12.7 Å². The van der Waals surface area contributed by atoms with Gasteiger partial charge in [0.15, 0.2) is 0 Å². The van der Waals surface area contributed by atoms with Crippen molar-refractivity contribution in [2.45, 2.75) is 0 Å². The number of carboxylic acids is 1. The average molecular weight is 229 g/mol. The molecule has 90 valence electrons. The van der Waals surface area contributed by atoms with E-state index in [1.54, 1.807) is 0 Å². The van der Waals surface area contributed by atoms with Gasteiger partial charge in [-0.2, -0.15) is 0 Å². The first kappa shape index (κ1) is 14.1. The molecule has 0 aromatic carbocycles.